The number of sulfonamides is 1. The Hall–Kier alpha value is -4.05. The van der Waals surface area contributed by atoms with E-state index in [4.69, 9.17) is 27.9 Å². The number of hydrogen-bond donors (Lipinski definition) is 1. The van der Waals surface area contributed by atoms with Crippen molar-refractivity contribution >= 4 is 50.7 Å². The van der Waals surface area contributed by atoms with Gasteiger partial charge in [0.15, 0.2) is 0 Å². The summed E-state index contributed by atoms with van der Waals surface area (Å²) < 4.78 is 34.8. The van der Waals surface area contributed by atoms with E-state index in [0.717, 1.165) is 15.4 Å². The van der Waals surface area contributed by atoms with E-state index in [0.29, 0.717) is 11.3 Å². The third-order valence-electron chi connectivity index (χ3n) is 7.28. The molecule has 4 aromatic carbocycles. The van der Waals surface area contributed by atoms with E-state index in [1.54, 1.807) is 37.4 Å². The van der Waals surface area contributed by atoms with Gasteiger partial charge in [-0.05, 0) is 81.3 Å². The van der Waals surface area contributed by atoms with Crippen molar-refractivity contribution < 1.29 is 22.7 Å². The maximum Gasteiger partial charge on any atom is 0.264 e. The Morgan fingerprint density at radius 2 is 1.47 bits per heavy atom. The first-order chi connectivity index (χ1) is 22.2. The summed E-state index contributed by atoms with van der Waals surface area (Å²) in [4.78, 5) is 30.1. The summed E-state index contributed by atoms with van der Waals surface area (Å²) in [5, 5.41) is 3.42. The molecule has 0 saturated carbocycles. The molecule has 1 N–H and O–H groups in total. The standard InChI is InChI=1S/C36H39Cl2N3O5S/c1-25-14-16-32(17-15-25)47(44,45)41(30-21-28(37)20-29(38)22-30)24-34(42)40(23-27-12-9-13-31(18-27)46-5)33(35(43)39-36(2,3)4)19-26-10-7-6-8-11-26/h6-18,20-22,33H,19,23-24H2,1-5H3,(H,39,43)/t33-/m1/s1. The number of aryl methyl sites for hydroxylation is 1. The lowest BCUT2D eigenvalue weighted by Gasteiger charge is -2.35. The van der Waals surface area contributed by atoms with Crippen LogP contribution in [0.3, 0.4) is 0 Å². The zero-order chi connectivity index (χ0) is 34.4. The fraction of sp³-hybridized carbons (Fsp3) is 0.278. The van der Waals surface area contributed by atoms with Crippen molar-refractivity contribution in [1.82, 2.24) is 10.2 Å². The van der Waals surface area contributed by atoms with Crippen LogP contribution in [0.4, 0.5) is 5.69 Å². The third-order valence-corrected chi connectivity index (χ3v) is 9.50. The molecular weight excluding hydrogens is 657 g/mol. The molecule has 0 aliphatic heterocycles. The number of carbonyl (C=O) groups excluding carboxylic acids is 2. The monoisotopic (exact) mass is 695 g/mol. The van der Waals surface area contributed by atoms with Crippen molar-refractivity contribution in [2.45, 2.75) is 57.1 Å². The van der Waals surface area contributed by atoms with E-state index < -0.39 is 34.1 Å². The topological polar surface area (TPSA) is 96.0 Å². The summed E-state index contributed by atoms with van der Waals surface area (Å²) in [6.07, 6.45) is 0.187. The third kappa shape index (κ3) is 9.73. The molecule has 0 aliphatic carbocycles. The Morgan fingerprint density at radius 3 is 2.06 bits per heavy atom. The molecular formula is C36H39Cl2N3O5S. The van der Waals surface area contributed by atoms with Gasteiger partial charge in [0.05, 0.1) is 17.7 Å². The number of nitrogens with one attached hydrogen (secondary N) is 1. The number of halogens is 2. The minimum Gasteiger partial charge on any atom is -0.497 e. The average molecular weight is 697 g/mol. The fourth-order valence-electron chi connectivity index (χ4n) is 5.02. The van der Waals surface area contributed by atoms with Gasteiger partial charge in [0.25, 0.3) is 10.0 Å². The lowest BCUT2D eigenvalue weighted by molar-refractivity contribution is -0.140. The van der Waals surface area contributed by atoms with Gasteiger partial charge < -0.3 is 15.0 Å². The molecule has 248 valence electrons. The number of anilines is 1. The summed E-state index contributed by atoms with van der Waals surface area (Å²) in [5.41, 5.74) is 1.90. The largest absolute Gasteiger partial charge is 0.497 e. The van der Waals surface area contributed by atoms with E-state index in [2.05, 4.69) is 5.32 Å². The molecule has 4 rings (SSSR count). The molecule has 0 heterocycles. The first kappa shape index (κ1) is 35.8. The number of hydrogen-bond acceptors (Lipinski definition) is 5. The van der Waals surface area contributed by atoms with Gasteiger partial charge >= 0.3 is 0 Å². The van der Waals surface area contributed by atoms with Gasteiger partial charge in [0, 0.05) is 28.5 Å². The van der Waals surface area contributed by atoms with Crippen LogP contribution in [-0.2, 0) is 32.6 Å². The lowest BCUT2D eigenvalue weighted by atomic mass is 10.0. The van der Waals surface area contributed by atoms with Crippen LogP contribution in [0.5, 0.6) is 5.75 Å². The lowest BCUT2D eigenvalue weighted by Crippen LogP contribution is -2.56. The van der Waals surface area contributed by atoms with Gasteiger partial charge in [-0.1, -0.05) is 83.4 Å². The maximum absolute atomic E-state index is 14.6. The Bertz CT molecular complexity index is 1790. The van der Waals surface area contributed by atoms with Crippen molar-refractivity contribution in [3.05, 3.63) is 124 Å². The van der Waals surface area contributed by atoms with Crippen LogP contribution >= 0.6 is 23.2 Å². The maximum atomic E-state index is 14.6. The van der Waals surface area contributed by atoms with Gasteiger partial charge in [0.1, 0.15) is 18.3 Å². The highest BCUT2D eigenvalue weighted by molar-refractivity contribution is 7.92. The second kappa shape index (κ2) is 15.2. The van der Waals surface area contributed by atoms with Crippen LogP contribution in [-0.4, -0.2) is 50.4 Å². The summed E-state index contributed by atoms with van der Waals surface area (Å²) in [6, 6.07) is 26.2. The SMILES string of the molecule is COc1cccc(CN(C(=O)CN(c2cc(Cl)cc(Cl)c2)S(=O)(=O)c2ccc(C)cc2)[C@H](Cc2ccccc2)C(=O)NC(C)(C)C)c1. The predicted octanol–water partition coefficient (Wildman–Crippen LogP) is 7.06. The molecule has 47 heavy (non-hydrogen) atoms. The van der Waals surface area contributed by atoms with Crippen LogP contribution in [0.25, 0.3) is 0 Å². The van der Waals surface area contributed by atoms with Crippen molar-refractivity contribution in [3.63, 3.8) is 0 Å². The summed E-state index contributed by atoms with van der Waals surface area (Å²) in [7, 11) is -2.76. The number of methoxy groups -OCH3 is 1. The molecule has 4 aromatic rings. The number of nitrogens with zero attached hydrogens (tertiary/aromatic N) is 2. The van der Waals surface area contributed by atoms with Crippen LogP contribution in [0.15, 0.2) is 102 Å². The quantitative estimate of drug-likeness (QED) is 0.171. The molecule has 0 unspecified atom stereocenters. The highest BCUT2D eigenvalue weighted by Gasteiger charge is 2.36. The summed E-state index contributed by atoms with van der Waals surface area (Å²) in [5.74, 6) is -0.410. The highest BCUT2D eigenvalue weighted by atomic mass is 35.5. The molecule has 0 bridgehead atoms. The van der Waals surface area contributed by atoms with Gasteiger partial charge in [0.2, 0.25) is 11.8 Å². The average Bonchev–Trinajstić information content (AvgIpc) is 3.00. The molecule has 0 aromatic heterocycles. The summed E-state index contributed by atoms with van der Waals surface area (Å²) >= 11 is 12.6. The van der Waals surface area contributed by atoms with Gasteiger partial charge in [-0.3, -0.25) is 13.9 Å². The number of amides is 2. The van der Waals surface area contributed by atoms with E-state index >= 15 is 0 Å². The molecule has 2 amide bonds. The Morgan fingerprint density at radius 1 is 0.851 bits per heavy atom. The highest BCUT2D eigenvalue weighted by Crippen LogP contribution is 2.30. The second-order valence-electron chi connectivity index (χ2n) is 12.3. The fourth-order valence-corrected chi connectivity index (χ4v) is 6.94. The Kier molecular flexibility index (Phi) is 11.6. The molecule has 0 saturated heterocycles. The van der Waals surface area contributed by atoms with E-state index in [1.807, 2.05) is 64.1 Å². The Balaban J connectivity index is 1.85. The molecule has 0 fully saturated rings. The number of rotatable bonds is 12. The van der Waals surface area contributed by atoms with Crippen LogP contribution in [0.2, 0.25) is 10.0 Å². The van der Waals surface area contributed by atoms with Gasteiger partial charge in [-0.2, -0.15) is 0 Å². The van der Waals surface area contributed by atoms with Crippen molar-refractivity contribution in [2.24, 2.45) is 0 Å². The second-order valence-corrected chi connectivity index (χ2v) is 15.0. The van der Waals surface area contributed by atoms with Gasteiger partial charge in [-0.25, -0.2) is 8.42 Å². The van der Waals surface area contributed by atoms with E-state index in [-0.39, 0.29) is 39.5 Å². The van der Waals surface area contributed by atoms with Crippen molar-refractivity contribution in [2.75, 3.05) is 18.0 Å². The van der Waals surface area contributed by atoms with E-state index in [1.165, 1.54) is 35.2 Å². The minimum absolute atomic E-state index is 0.000181. The molecule has 1 atom stereocenters. The van der Waals surface area contributed by atoms with Crippen LogP contribution in [0, 0.1) is 6.92 Å². The number of carbonyl (C=O) groups is 2. The summed E-state index contributed by atoms with van der Waals surface area (Å²) in [6.45, 7) is 6.79. The van der Waals surface area contributed by atoms with Crippen LogP contribution in [0.1, 0.15) is 37.5 Å². The normalized spacial score (nSPS) is 12.2. The predicted molar refractivity (Wildman–Crippen MR) is 188 cm³/mol. The number of benzene rings is 4. The van der Waals surface area contributed by atoms with Crippen molar-refractivity contribution in [3.8, 4) is 5.75 Å². The number of ether oxygens (including phenoxy) is 1. The smallest absolute Gasteiger partial charge is 0.264 e. The van der Waals surface area contributed by atoms with E-state index in [9.17, 15) is 18.0 Å². The van der Waals surface area contributed by atoms with Gasteiger partial charge in [-0.15, -0.1) is 0 Å². The molecule has 0 aliphatic rings. The molecule has 11 heteroatoms. The molecule has 0 radical (unpaired) electrons. The molecule has 8 nitrogen and oxygen atoms in total. The molecule has 0 spiro atoms. The Labute approximate surface area is 287 Å². The van der Waals surface area contributed by atoms with Crippen LogP contribution < -0.4 is 14.4 Å². The zero-order valence-corrected chi connectivity index (χ0v) is 29.4. The minimum atomic E-state index is -4.30. The first-order valence-electron chi connectivity index (χ1n) is 15.0. The zero-order valence-electron chi connectivity index (χ0n) is 27.0. The van der Waals surface area contributed by atoms with Crippen molar-refractivity contribution in [1.29, 1.82) is 0 Å². The first-order valence-corrected chi connectivity index (χ1v) is 17.2.